The van der Waals surface area contributed by atoms with Crippen molar-refractivity contribution in [2.75, 3.05) is 5.73 Å². The summed E-state index contributed by atoms with van der Waals surface area (Å²) in [6.45, 7) is 0. The minimum Gasteiger partial charge on any atom is -0.381 e. The van der Waals surface area contributed by atoms with Crippen molar-refractivity contribution in [3.63, 3.8) is 0 Å². The van der Waals surface area contributed by atoms with Gasteiger partial charge in [0, 0.05) is 5.92 Å². The third kappa shape index (κ3) is 1.73. The van der Waals surface area contributed by atoms with E-state index in [0.29, 0.717) is 11.7 Å². The second-order valence-electron chi connectivity index (χ2n) is 3.67. The van der Waals surface area contributed by atoms with Gasteiger partial charge in [0.2, 0.25) is 0 Å². The normalized spacial score (nSPS) is 19.2. The molecule has 1 aromatic heterocycles. The van der Waals surface area contributed by atoms with Crippen LogP contribution in [0.5, 0.6) is 0 Å². The number of nitrogens with two attached hydrogens (primary N) is 1. The first kappa shape index (κ1) is 9.06. The highest BCUT2D eigenvalue weighted by atomic mass is 79.9. The standard InChI is InChI=1S/C9H14BrN3/c10-7-8(12-13-9(7)11)6-4-2-1-3-5-6/h6H,1-5H2,(H3,11,12,13). The number of aromatic amines is 1. The van der Waals surface area contributed by atoms with Crippen molar-refractivity contribution in [3.05, 3.63) is 10.2 Å². The molecule has 1 aromatic rings. The fourth-order valence-corrected chi connectivity index (χ4v) is 2.52. The van der Waals surface area contributed by atoms with Gasteiger partial charge in [-0.1, -0.05) is 19.3 Å². The maximum Gasteiger partial charge on any atom is 0.159 e. The largest absolute Gasteiger partial charge is 0.381 e. The van der Waals surface area contributed by atoms with Gasteiger partial charge < -0.3 is 5.73 Å². The molecule has 0 aromatic carbocycles. The van der Waals surface area contributed by atoms with Crippen LogP contribution in [0.1, 0.15) is 43.7 Å². The third-order valence-electron chi connectivity index (χ3n) is 2.77. The van der Waals surface area contributed by atoms with E-state index in [0.717, 1.165) is 4.47 Å². The first-order chi connectivity index (χ1) is 6.29. The van der Waals surface area contributed by atoms with Crippen LogP contribution in [0.25, 0.3) is 0 Å². The topological polar surface area (TPSA) is 54.7 Å². The van der Waals surface area contributed by atoms with Crippen molar-refractivity contribution in [2.45, 2.75) is 38.0 Å². The number of rotatable bonds is 1. The number of nitrogens with zero attached hydrogens (tertiary/aromatic N) is 1. The van der Waals surface area contributed by atoms with Gasteiger partial charge in [-0.3, -0.25) is 5.10 Å². The Morgan fingerprint density at radius 2 is 2.00 bits per heavy atom. The summed E-state index contributed by atoms with van der Waals surface area (Å²) in [6, 6.07) is 0. The Morgan fingerprint density at radius 3 is 2.54 bits per heavy atom. The van der Waals surface area contributed by atoms with Gasteiger partial charge in [-0.15, -0.1) is 0 Å². The summed E-state index contributed by atoms with van der Waals surface area (Å²) in [5.41, 5.74) is 6.85. The molecule has 0 aliphatic heterocycles. The van der Waals surface area contributed by atoms with E-state index in [2.05, 4.69) is 26.1 Å². The quantitative estimate of drug-likeness (QED) is 0.798. The Balaban J connectivity index is 2.18. The van der Waals surface area contributed by atoms with Gasteiger partial charge in [0.1, 0.15) is 0 Å². The molecule has 1 aliphatic carbocycles. The predicted molar refractivity (Wildman–Crippen MR) is 56.5 cm³/mol. The highest BCUT2D eigenvalue weighted by Crippen LogP contribution is 2.36. The molecule has 3 N–H and O–H groups in total. The molecule has 0 atom stereocenters. The fraction of sp³-hybridized carbons (Fsp3) is 0.667. The van der Waals surface area contributed by atoms with Gasteiger partial charge in [-0.25, -0.2) is 0 Å². The van der Waals surface area contributed by atoms with Crippen LogP contribution < -0.4 is 5.73 Å². The monoisotopic (exact) mass is 243 g/mol. The minimum atomic E-state index is 0.584. The lowest BCUT2D eigenvalue weighted by Gasteiger charge is -2.20. The molecule has 0 unspecified atom stereocenters. The molecular formula is C9H14BrN3. The summed E-state index contributed by atoms with van der Waals surface area (Å²) in [5, 5.41) is 7.02. The summed E-state index contributed by atoms with van der Waals surface area (Å²) in [4.78, 5) is 0. The summed E-state index contributed by atoms with van der Waals surface area (Å²) >= 11 is 3.47. The van der Waals surface area contributed by atoms with E-state index in [-0.39, 0.29) is 0 Å². The molecule has 1 fully saturated rings. The van der Waals surface area contributed by atoms with Crippen LogP contribution in [0.15, 0.2) is 4.47 Å². The lowest BCUT2D eigenvalue weighted by Crippen LogP contribution is -2.05. The highest BCUT2D eigenvalue weighted by molar-refractivity contribution is 9.10. The number of aromatic nitrogens is 2. The highest BCUT2D eigenvalue weighted by Gasteiger charge is 2.20. The van der Waals surface area contributed by atoms with Crippen molar-refractivity contribution in [2.24, 2.45) is 0 Å². The average molecular weight is 244 g/mol. The minimum absolute atomic E-state index is 0.584. The molecule has 0 saturated heterocycles. The number of nitrogens with one attached hydrogen (secondary N) is 1. The van der Waals surface area contributed by atoms with E-state index >= 15 is 0 Å². The molecule has 1 aliphatic rings. The molecule has 13 heavy (non-hydrogen) atoms. The lowest BCUT2D eigenvalue weighted by molar-refractivity contribution is 0.435. The Bertz CT molecular complexity index is 289. The Labute approximate surface area is 86.2 Å². The Morgan fingerprint density at radius 1 is 1.31 bits per heavy atom. The zero-order chi connectivity index (χ0) is 9.26. The number of hydrogen-bond acceptors (Lipinski definition) is 2. The number of nitrogen functional groups attached to an aromatic ring is 1. The molecule has 0 bridgehead atoms. The van der Waals surface area contributed by atoms with Gasteiger partial charge in [0.15, 0.2) is 5.82 Å². The number of halogens is 1. The number of anilines is 1. The van der Waals surface area contributed by atoms with Gasteiger partial charge in [0.05, 0.1) is 10.2 Å². The molecule has 1 heterocycles. The van der Waals surface area contributed by atoms with Gasteiger partial charge in [-0.05, 0) is 28.8 Å². The number of hydrogen-bond donors (Lipinski definition) is 2. The van der Waals surface area contributed by atoms with Crippen LogP contribution in [-0.2, 0) is 0 Å². The summed E-state index contributed by atoms with van der Waals surface area (Å²) in [5.74, 6) is 1.22. The SMILES string of the molecule is Nc1n[nH]c(C2CCCCC2)c1Br. The molecule has 0 amide bonds. The average Bonchev–Trinajstić information content (AvgIpc) is 2.49. The Hall–Kier alpha value is -0.510. The molecule has 1 saturated carbocycles. The second kappa shape index (κ2) is 3.70. The van der Waals surface area contributed by atoms with Crippen LogP contribution >= 0.6 is 15.9 Å². The van der Waals surface area contributed by atoms with E-state index in [1.165, 1.54) is 37.8 Å². The molecule has 0 spiro atoms. The smallest absolute Gasteiger partial charge is 0.159 e. The van der Waals surface area contributed by atoms with Crippen LogP contribution in [0.2, 0.25) is 0 Å². The molecule has 0 radical (unpaired) electrons. The summed E-state index contributed by atoms with van der Waals surface area (Å²) < 4.78 is 0.972. The maximum absolute atomic E-state index is 5.66. The number of H-pyrrole nitrogens is 1. The van der Waals surface area contributed by atoms with Crippen molar-refractivity contribution in [1.82, 2.24) is 10.2 Å². The molecule has 72 valence electrons. The molecular weight excluding hydrogens is 230 g/mol. The maximum atomic E-state index is 5.66. The van der Waals surface area contributed by atoms with E-state index in [1.807, 2.05) is 0 Å². The van der Waals surface area contributed by atoms with Crippen LogP contribution in [0.3, 0.4) is 0 Å². The molecule has 2 rings (SSSR count). The third-order valence-corrected chi connectivity index (χ3v) is 3.60. The van der Waals surface area contributed by atoms with Crippen LogP contribution in [0, 0.1) is 0 Å². The molecule has 3 nitrogen and oxygen atoms in total. The zero-order valence-corrected chi connectivity index (χ0v) is 9.10. The Kier molecular flexibility index (Phi) is 2.58. The van der Waals surface area contributed by atoms with Crippen molar-refractivity contribution in [3.8, 4) is 0 Å². The first-order valence-corrected chi connectivity index (χ1v) is 5.57. The van der Waals surface area contributed by atoms with Gasteiger partial charge >= 0.3 is 0 Å². The molecule has 4 heteroatoms. The van der Waals surface area contributed by atoms with E-state index in [4.69, 9.17) is 5.73 Å². The van der Waals surface area contributed by atoms with E-state index in [1.54, 1.807) is 0 Å². The second-order valence-corrected chi connectivity index (χ2v) is 4.46. The van der Waals surface area contributed by atoms with Gasteiger partial charge in [0.25, 0.3) is 0 Å². The summed E-state index contributed by atoms with van der Waals surface area (Å²) in [7, 11) is 0. The van der Waals surface area contributed by atoms with Crippen molar-refractivity contribution in [1.29, 1.82) is 0 Å². The van der Waals surface area contributed by atoms with Crippen molar-refractivity contribution < 1.29 is 0 Å². The lowest BCUT2D eigenvalue weighted by atomic mass is 9.87. The first-order valence-electron chi connectivity index (χ1n) is 4.78. The fourth-order valence-electron chi connectivity index (χ4n) is 2.02. The van der Waals surface area contributed by atoms with Crippen LogP contribution in [0.4, 0.5) is 5.82 Å². The van der Waals surface area contributed by atoms with E-state index in [9.17, 15) is 0 Å². The summed E-state index contributed by atoms with van der Waals surface area (Å²) in [6.07, 6.45) is 6.56. The predicted octanol–water partition coefficient (Wildman–Crippen LogP) is 2.80. The van der Waals surface area contributed by atoms with E-state index < -0.39 is 0 Å². The van der Waals surface area contributed by atoms with Crippen LogP contribution in [-0.4, -0.2) is 10.2 Å². The zero-order valence-electron chi connectivity index (χ0n) is 7.52. The van der Waals surface area contributed by atoms with Crippen molar-refractivity contribution >= 4 is 21.7 Å². The van der Waals surface area contributed by atoms with Gasteiger partial charge in [-0.2, -0.15) is 5.10 Å².